The van der Waals surface area contributed by atoms with Crippen molar-refractivity contribution in [1.82, 2.24) is 10.3 Å². The normalized spacial score (nSPS) is 20.9. The molecule has 19 heavy (non-hydrogen) atoms. The van der Waals surface area contributed by atoms with Crippen LogP contribution in [0, 0.1) is 0 Å². The molecule has 0 aliphatic heterocycles. The summed E-state index contributed by atoms with van der Waals surface area (Å²) in [6.45, 7) is 0. The zero-order valence-electron chi connectivity index (χ0n) is 10.2. The van der Waals surface area contributed by atoms with Crippen molar-refractivity contribution < 1.29 is 4.79 Å². The Morgan fingerprint density at radius 3 is 2.79 bits per heavy atom. The molecule has 2 atom stereocenters. The lowest BCUT2D eigenvalue weighted by Crippen LogP contribution is -2.26. The average Bonchev–Trinajstić information content (AvgIpc) is 3.19. The summed E-state index contributed by atoms with van der Waals surface area (Å²) in [4.78, 5) is 15.9. The number of hydrogen-bond acceptors (Lipinski definition) is 2. The third kappa shape index (κ3) is 2.61. The molecule has 3 nitrogen and oxygen atoms in total. The first-order valence-electron chi connectivity index (χ1n) is 6.21. The molecule has 1 aromatic heterocycles. The number of aromatic nitrogens is 1. The third-order valence-electron chi connectivity index (χ3n) is 3.35. The number of nitrogens with zero attached hydrogens (tertiary/aromatic N) is 1. The predicted octanol–water partition coefficient (Wildman–Crippen LogP) is 3.02. The first kappa shape index (κ1) is 12.2. The molecule has 4 heteroatoms. The van der Waals surface area contributed by atoms with Crippen LogP contribution in [-0.2, 0) is 0 Å². The molecule has 3 rings (SSSR count). The summed E-state index contributed by atoms with van der Waals surface area (Å²) in [5.41, 5.74) is 1.75. The van der Waals surface area contributed by atoms with Crippen LogP contribution in [0.5, 0.6) is 0 Å². The quantitative estimate of drug-likeness (QED) is 0.933. The van der Waals surface area contributed by atoms with Crippen LogP contribution in [0.15, 0.2) is 48.8 Å². The van der Waals surface area contributed by atoms with Gasteiger partial charge in [0.1, 0.15) is 0 Å². The summed E-state index contributed by atoms with van der Waals surface area (Å²) in [6.07, 6.45) is 4.04. The largest absolute Gasteiger partial charge is 0.349 e. The van der Waals surface area contributed by atoms with Crippen molar-refractivity contribution in [1.29, 1.82) is 0 Å². The first-order chi connectivity index (χ1) is 9.25. The van der Waals surface area contributed by atoms with Gasteiger partial charge >= 0.3 is 0 Å². The van der Waals surface area contributed by atoms with E-state index in [0.29, 0.717) is 16.5 Å². The predicted molar refractivity (Wildman–Crippen MR) is 74.3 cm³/mol. The van der Waals surface area contributed by atoms with Crippen LogP contribution in [0.1, 0.15) is 28.3 Å². The number of hydrogen-bond donors (Lipinski definition) is 1. The SMILES string of the molecule is O=C(NC1CC1c1ccccc1)c1ccncc1Cl. The fraction of sp³-hybridized carbons (Fsp3) is 0.200. The first-order valence-corrected chi connectivity index (χ1v) is 6.59. The van der Waals surface area contributed by atoms with Crippen LogP contribution in [0.2, 0.25) is 5.02 Å². The molecule has 96 valence electrons. The molecular formula is C15H13ClN2O. The van der Waals surface area contributed by atoms with Gasteiger partial charge in [0.15, 0.2) is 0 Å². The van der Waals surface area contributed by atoms with Crippen LogP contribution in [0.25, 0.3) is 0 Å². The van der Waals surface area contributed by atoms with Crippen molar-refractivity contribution in [2.75, 3.05) is 0 Å². The number of carbonyl (C=O) groups excluding carboxylic acids is 1. The van der Waals surface area contributed by atoms with E-state index in [1.807, 2.05) is 18.2 Å². The van der Waals surface area contributed by atoms with E-state index >= 15 is 0 Å². The van der Waals surface area contributed by atoms with E-state index in [2.05, 4.69) is 22.4 Å². The van der Waals surface area contributed by atoms with Gasteiger partial charge in [-0.25, -0.2) is 0 Å². The van der Waals surface area contributed by atoms with Crippen molar-refractivity contribution in [3.8, 4) is 0 Å². The maximum atomic E-state index is 12.1. The summed E-state index contributed by atoms with van der Waals surface area (Å²) in [6, 6.07) is 12.1. The van der Waals surface area contributed by atoms with Gasteiger partial charge in [0.2, 0.25) is 0 Å². The minimum absolute atomic E-state index is 0.129. The topological polar surface area (TPSA) is 42.0 Å². The van der Waals surface area contributed by atoms with Crippen LogP contribution in [-0.4, -0.2) is 16.9 Å². The summed E-state index contributed by atoms with van der Waals surface area (Å²) >= 11 is 5.95. The fourth-order valence-electron chi connectivity index (χ4n) is 2.23. The monoisotopic (exact) mass is 272 g/mol. The molecule has 2 unspecified atom stereocenters. The molecule has 0 radical (unpaired) electrons. The van der Waals surface area contributed by atoms with Gasteiger partial charge in [0, 0.05) is 24.4 Å². The molecule has 0 spiro atoms. The van der Waals surface area contributed by atoms with Crippen LogP contribution >= 0.6 is 11.6 Å². The summed E-state index contributed by atoms with van der Waals surface area (Å²) in [7, 11) is 0. The smallest absolute Gasteiger partial charge is 0.253 e. The van der Waals surface area contributed by atoms with Crippen molar-refractivity contribution in [2.45, 2.75) is 18.4 Å². The number of carbonyl (C=O) groups is 1. The maximum absolute atomic E-state index is 12.1. The molecule has 1 saturated carbocycles. The highest BCUT2D eigenvalue weighted by atomic mass is 35.5. The van der Waals surface area contributed by atoms with Crippen molar-refractivity contribution in [2.24, 2.45) is 0 Å². The summed E-state index contributed by atoms with van der Waals surface area (Å²) in [5, 5.41) is 3.39. The zero-order chi connectivity index (χ0) is 13.2. The van der Waals surface area contributed by atoms with E-state index in [1.54, 1.807) is 12.3 Å². The van der Waals surface area contributed by atoms with E-state index in [-0.39, 0.29) is 11.9 Å². The van der Waals surface area contributed by atoms with E-state index in [9.17, 15) is 4.79 Å². The highest BCUT2D eigenvalue weighted by Gasteiger charge is 2.39. The summed E-state index contributed by atoms with van der Waals surface area (Å²) in [5.74, 6) is 0.293. The number of halogens is 1. The van der Waals surface area contributed by atoms with Crippen molar-refractivity contribution >= 4 is 17.5 Å². The second kappa shape index (κ2) is 5.02. The standard InChI is InChI=1S/C15H13ClN2O/c16-13-9-17-7-6-11(13)15(19)18-14-8-12(14)10-4-2-1-3-5-10/h1-7,9,12,14H,8H2,(H,18,19). The molecule has 1 fully saturated rings. The molecule has 1 aliphatic carbocycles. The van der Waals surface area contributed by atoms with E-state index < -0.39 is 0 Å². The lowest BCUT2D eigenvalue weighted by molar-refractivity contribution is 0.0950. The Balaban J connectivity index is 1.66. The molecule has 1 aliphatic rings. The molecule has 0 saturated heterocycles. The lowest BCUT2D eigenvalue weighted by Gasteiger charge is -2.06. The number of amides is 1. The zero-order valence-corrected chi connectivity index (χ0v) is 11.0. The Morgan fingerprint density at radius 1 is 1.26 bits per heavy atom. The van der Waals surface area contributed by atoms with Gasteiger partial charge in [-0.1, -0.05) is 41.9 Å². The Labute approximate surface area is 116 Å². The Morgan fingerprint density at radius 2 is 2.05 bits per heavy atom. The molecule has 2 aromatic rings. The van der Waals surface area contributed by atoms with Gasteiger partial charge in [0.25, 0.3) is 5.91 Å². The van der Waals surface area contributed by atoms with Gasteiger partial charge in [-0.05, 0) is 18.1 Å². The number of pyridine rings is 1. The molecule has 1 N–H and O–H groups in total. The highest BCUT2D eigenvalue weighted by Crippen LogP contribution is 2.40. The van der Waals surface area contributed by atoms with Gasteiger partial charge in [-0.15, -0.1) is 0 Å². The molecular weight excluding hydrogens is 260 g/mol. The molecule has 1 aromatic carbocycles. The molecule has 0 bridgehead atoms. The Bertz CT molecular complexity index is 600. The third-order valence-corrected chi connectivity index (χ3v) is 3.65. The summed E-state index contributed by atoms with van der Waals surface area (Å²) < 4.78 is 0. The maximum Gasteiger partial charge on any atom is 0.253 e. The molecule has 1 heterocycles. The van der Waals surface area contributed by atoms with Gasteiger partial charge in [-0.3, -0.25) is 9.78 Å². The Hall–Kier alpha value is -1.87. The van der Waals surface area contributed by atoms with Crippen LogP contribution < -0.4 is 5.32 Å². The van der Waals surface area contributed by atoms with Crippen LogP contribution in [0.3, 0.4) is 0 Å². The van der Waals surface area contributed by atoms with E-state index in [0.717, 1.165) is 6.42 Å². The van der Waals surface area contributed by atoms with Crippen molar-refractivity contribution in [3.63, 3.8) is 0 Å². The minimum atomic E-state index is -0.129. The van der Waals surface area contributed by atoms with Crippen LogP contribution in [0.4, 0.5) is 0 Å². The van der Waals surface area contributed by atoms with E-state index in [4.69, 9.17) is 11.6 Å². The second-order valence-electron chi connectivity index (χ2n) is 4.69. The van der Waals surface area contributed by atoms with E-state index in [1.165, 1.54) is 11.8 Å². The number of nitrogens with one attached hydrogen (secondary N) is 1. The second-order valence-corrected chi connectivity index (χ2v) is 5.10. The lowest BCUT2D eigenvalue weighted by atomic mass is 10.1. The van der Waals surface area contributed by atoms with Gasteiger partial charge in [-0.2, -0.15) is 0 Å². The Kier molecular flexibility index (Phi) is 3.22. The highest BCUT2D eigenvalue weighted by molar-refractivity contribution is 6.33. The number of rotatable bonds is 3. The molecule has 1 amide bonds. The fourth-order valence-corrected chi connectivity index (χ4v) is 2.43. The van der Waals surface area contributed by atoms with Crippen molar-refractivity contribution in [3.05, 3.63) is 64.9 Å². The number of benzene rings is 1. The minimum Gasteiger partial charge on any atom is -0.349 e. The average molecular weight is 273 g/mol. The van der Waals surface area contributed by atoms with Gasteiger partial charge < -0.3 is 5.32 Å². The van der Waals surface area contributed by atoms with Gasteiger partial charge in [0.05, 0.1) is 10.6 Å².